The molecule has 1 spiro atoms. The zero-order valence-corrected chi connectivity index (χ0v) is 9.10. The second-order valence-electron chi connectivity index (χ2n) is 5.17. The molecule has 0 atom stereocenters. The monoisotopic (exact) mass is 183 g/mol. The summed E-state index contributed by atoms with van der Waals surface area (Å²) in [5.41, 5.74) is 0.332. The molecule has 76 valence electrons. The van der Waals surface area contributed by atoms with Crippen molar-refractivity contribution in [1.82, 2.24) is 4.90 Å². The van der Waals surface area contributed by atoms with Crippen LogP contribution in [0.4, 0.5) is 0 Å². The molecule has 0 unspecified atom stereocenters. The van der Waals surface area contributed by atoms with E-state index in [1.54, 1.807) is 0 Å². The summed E-state index contributed by atoms with van der Waals surface area (Å²) < 4.78 is 6.03. The van der Waals surface area contributed by atoms with Gasteiger partial charge in [0, 0.05) is 5.54 Å². The number of ether oxygens (including phenoxy) is 1. The normalized spacial score (nSPS) is 32.5. The van der Waals surface area contributed by atoms with E-state index >= 15 is 0 Å². The lowest BCUT2D eigenvalue weighted by atomic mass is 9.89. The van der Waals surface area contributed by atoms with Crippen molar-refractivity contribution in [1.29, 1.82) is 0 Å². The van der Waals surface area contributed by atoms with Crippen LogP contribution < -0.4 is 0 Å². The summed E-state index contributed by atoms with van der Waals surface area (Å²) in [6.45, 7) is 5.44. The van der Waals surface area contributed by atoms with E-state index in [9.17, 15) is 0 Å². The second-order valence-corrected chi connectivity index (χ2v) is 5.17. The Morgan fingerprint density at radius 2 is 1.69 bits per heavy atom. The third-order valence-corrected chi connectivity index (χ3v) is 3.85. The molecule has 0 N–H and O–H groups in total. The highest BCUT2D eigenvalue weighted by Gasteiger charge is 2.49. The standard InChI is InChI=1S/C11H21NO/c1-10(2)9-13-11(12(10)3)7-5-4-6-8-11/h4-9H2,1-3H3. The Morgan fingerprint density at radius 1 is 1.08 bits per heavy atom. The third-order valence-electron chi connectivity index (χ3n) is 3.85. The molecule has 2 rings (SSSR count). The zero-order chi connectivity index (χ0) is 9.53. The molecule has 2 heteroatoms. The van der Waals surface area contributed by atoms with Gasteiger partial charge in [0.1, 0.15) is 5.72 Å². The van der Waals surface area contributed by atoms with E-state index in [0.717, 1.165) is 6.61 Å². The Labute approximate surface area is 81.3 Å². The topological polar surface area (TPSA) is 12.5 Å². The maximum Gasteiger partial charge on any atom is 0.122 e. The van der Waals surface area contributed by atoms with Crippen molar-refractivity contribution in [3.05, 3.63) is 0 Å². The van der Waals surface area contributed by atoms with Crippen LogP contribution >= 0.6 is 0 Å². The van der Waals surface area contributed by atoms with Crippen LogP contribution in [-0.2, 0) is 4.74 Å². The molecule has 2 fully saturated rings. The van der Waals surface area contributed by atoms with Crippen molar-refractivity contribution < 1.29 is 4.74 Å². The zero-order valence-electron chi connectivity index (χ0n) is 9.10. The van der Waals surface area contributed by atoms with E-state index in [2.05, 4.69) is 25.8 Å². The van der Waals surface area contributed by atoms with Crippen LogP contribution in [0, 0.1) is 0 Å². The van der Waals surface area contributed by atoms with E-state index in [-0.39, 0.29) is 11.3 Å². The first-order valence-electron chi connectivity index (χ1n) is 5.45. The Hall–Kier alpha value is -0.0800. The van der Waals surface area contributed by atoms with Gasteiger partial charge in [-0.05, 0) is 46.6 Å². The van der Waals surface area contributed by atoms with Crippen molar-refractivity contribution in [2.45, 2.75) is 57.2 Å². The van der Waals surface area contributed by atoms with Crippen LogP contribution in [0.5, 0.6) is 0 Å². The van der Waals surface area contributed by atoms with Crippen LogP contribution in [0.3, 0.4) is 0 Å². The molecule has 0 radical (unpaired) electrons. The quantitative estimate of drug-likeness (QED) is 0.572. The maximum absolute atomic E-state index is 6.03. The molecule has 1 aliphatic carbocycles. The maximum atomic E-state index is 6.03. The van der Waals surface area contributed by atoms with Gasteiger partial charge in [-0.25, -0.2) is 0 Å². The Kier molecular flexibility index (Phi) is 2.16. The predicted octanol–water partition coefficient (Wildman–Crippen LogP) is 2.39. The van der Waals surface area contributed by atoms with E-state index in [1.165, 1.54) is 32.1 Å². The highest BCUT2D eigenvalue weighted by atomic mass is 16.5. The molecular formula is C11H21NO. The summed E-state index contributed by atoms with van der Waals surface area (Å²) in [5.74, 6) is 0. The van der Waals surface area contributed by atoms with Gasteiger partial charge in [0.05, 0.1) is 6.61 Å². The molecule has 1 heterocycles. The molecule has 2 aliphatic rings. The summed E-state index contributed by atoms with van der Waals surface area (Å²) in [6, 6.07) is 0. The molecule has 0 bridgehead atoms. The molecule has 1 saturated heterocycles. The second kappa shape index (κ2) is 2.96. The number of nitrogens with zero attached hydrogens (tertiary/aromatic N) is 1. The fourth-order valence-electron chi connectivity index (χ4n) is 2.64. The van der Waals surface area contributed by atoms with Gasteiger partial charge in [-0.2, -0.15) is 0 Å². The van der Waals surface area contributed by atoms with Crippen LogP contribution in [-0.4, -0.2) is 29.8 Å². The number of hydrogen-bond acceptors (Lipinski definition) is 2. The van der Waals surface area contributed by atoms with E-state index in [4.69, 9.17) is 4.74 Å². The van der Waals surface area contributed by atoms with Gasteiger partial charge in [-0.15, -0.1) is 0 Å². The molecule has 0 aromatic heterocycles. The number of rotatable bonds is 0. The highest BCUT2D eigenvalue weighted by molar-refractivity contribution is 4.97. The summed E-state index contributed by atoms with van der Waals surface area (Å²) in [7, 11) is 2.22. The minimum absolute atomic E-state index is 0.0990. The van der Waals surface area contributed by atoms with E-state index in [0.29, 0.717) is 0 Å². The third kappa shape index (κ3) is 1.40. The highest BCUT2D eigenvalue weighted by Crippen LogP contribution is 2.42. The molecule has 1 aliphatic heterocycles. The number of hydrogen-bond donors (Lipinski definition) is 0. The first-order valence-corrected chi connectivity index (χ1v) is 5.45. The fraction of sp³-hybridized carbons (Fsp3) is 1.00. The first-order chi connectivity index (χ1) is 6.07. The van der Waals surface area contributed by atoms with E-state index in [1.807, 2.05) is 0 Å². The average Bonchev–Trinajstić information content (AvgIpc) is 2.33. The van der Waals surface area contributed by atoms with Gasteiger partial charge in [-0.3, -0.25) is 4.90 Å². The smallest absolute Gasteiger partial charge is 0.122 e. The van der Waals surface area contributed by atoms with Crippen molar-refractivity contribution in [2.75, 3.05) is 13.7 Å². The molecule has 0 amide bonds. The Morgan fingerprint density at radius 3 is 2.15 bits per heavy atom. The lowest BCUT2D eigenvalue weighted by molar-refractivity contribution is -0.103. The van der Waals surface area contributed by atoms with Gasteiger partial charge in [0.2, 0.25) is 0 Å². The fourth-order valence-corrected chi connectivity index (χ4v) is 2.64. The summed E-state index contributed by atoms with van der Waals surface area (Å²) in [4.78, 5) is 2.46. The molecular weight excluding hydrogens is 162 g/mol. The Balaban J connectivity index is 2.15. The largest absolute Gasteiger partial charge is 0.359 e. The number of likely N-dealkylation sites (N-methyl/N-ethyl adjacent to an activating group) is 1. The molecule has 0 aromatic rings. The first kappa shape index (κ1) is 9.47. The minimum atomic E-state index is 0.0990. The van der Waals surface area contributed by atoms with Crippen LogP contribution in [0.25, 0.3) is 0 Å². The van der Waals surface area contributed by atoms with Crippen molar-refractivity contribution >= 4 is 0 Å². The summed E-state index contributed by atoms with van der Waals surface area (Å²) in [5, 5.41) is 0. The van der Waals surface area contributed by atoms with Crippen molar-refractivity contribution in [3.63, 3.8) is 0 Å². The van der Waals surface area contributed by atoms with Crippen molar-refractivity contribution in [2.24, 2.45) is 0 Å². The van der Waals surface area contributed by atoms with Crippen LogP contribution in [0.1, 0.15) is 46.0 Å². The van der Waals surface area contributed by atoms with Crippen LogP contribution in [0.2, 0.25) is 0 Å². The van der Waals surface area contributed by atoms with E-state index < -0.39 is 0 Å². The predicted molar refractivity (Wildman–Crippen MR) is 53.6 cm³/mol. The van der Waals surface area contributed by atoms with Crippen molar-refractivity contribution in [3.8, 4) is 0 Å². The Bertz CT molecular complexity index is 194. The summed E-state index contributed by atoms with van der Waals surface area (Å²) in [6.07, 6.45) is 6.51. The average molecular weight is 183 g/mol. The lowest BCUT2D eigenvalue weighted by Crippen LogP contribution is -2.50. The van der Waals surface area contributed by atoms with Crippen LogP contribution in [0.15, 0.2) is 0 Å². The van der Waals surface area contributed by atoms with Gasteiger partial charge in [0.25, 0.3) is 0 Å². The van der Waals surface area contributed by atoms with Gasteiger partial charge >= 0.3 is 0 Å². The lowest BCUT2D eigenvalue weighted by Gasteiger charge is -2.41. The van der Waals surface area contributed by atoms with Gasteiger partial charge in [0.15, 0.2) is 0 Å². The van der Waals surface area contributed by atoms with Gasteiger partial charge in [-0.1, -0.05) is 6.42 Å². The summed E-state index contributed by atoms with van der Waals surface area (Å²) >= 11 is 0. The SMILES string of the molecule is CN1C(C)(C)COC12CCCCC2. The molecule has 0 aromatic carbocycles. The molecule has 2 nitrogen and oxygen atoms in total. The minimum Gasteiger partial charge on any atom is -0.359 e. The van der Waals surface area contributed by atoms with Gasteiger partial charge < -0.3 is 4.74 Å². The molecule has 13 heavy (non-hydrogen) atoms. The molecule has 1 saturated carbocycles.